The van der Waals surface area contributed by atoms with E-state index in [-0.39, 0.29) is 10.7 Å². The molecule has 0 aliphatic carbocycles. The summed E-state index contributed by atoms with van der Waals surface area (Å²) >= 11 is 3.73. The van der Waals surface area contributed by atoms with Crippen LogP contribution in [0.4, 0.5) is 0 Å². The lowest BCUT2D eigenvalue weighted by atomic mass is 9.95. The summed E-state index contributed by atoms with van der Waals surface area (Å²) in [6.45, 7) is 4.29. The summed E-state index contributed by atoms with van der Waals surface area (Å²) in [5, 5.41) is 4.53. The quantitative estimate of drug-likeness (QED) is 0.209. The Morgan fingerprint density at radius 2 is 0.857 bits per heavy atom. The second kappa shape index (κ2) is 10.3. The lowest BCUT2D eigenvalue weighted by Gasteiger charge is -2.27. The van der Waals surface area contributed by atoms with Crippen LogP contribution in [0, 0.1) is 13.8 Å². The van der Waals surface area contributed by atoms with Crippen LogP contribution in [-0.4, -0.2) is 0 Å². The van der Waals surface area contributed by atoms with E-state index in [0.29, 0.717) is 0 Å². The summed E-state index contributed by atoms with van der Waals surface area (Å²) in [5.41, 5.74) is 9.86. The minimum absolute atomic E-state index is 0.0155. The number of rotatable bonds is 4. The molecule has 42 heavy (non-hydrogen) atoms. The Labute approximate surface area is 254 Å². The van der Waals surface area contributed by atoms with Gasteiger partial charge in [0.15, 0.2) is 0 Å². The van der Waals surface area contributed by atoms with Crippen molar-refractivity contribution in [1.29, 1.82) is 0 Å². The Kier molecular flexibility index (Phi) is 6.28. The number of thioether (sulfide) groups is 2. The van der Waals surface area contributed by atoms with Crippen LogP contribution in [0.25, 0.3) is 33.0 Å². The fraction of sp³-hybridized carbons (Fsp3) is 0.105. The molecule has 2 heterocycles. The van der Waals surface area contributed by atoms with Crippen molar-refractivity contribution in [2.24, 2.45) is 9.98 Å². The van der Waals surface area contributed by atoms with Crippen molar-refractivity contribution < 1.29 is 0 Å². The van der Waals surface area contributed by atoms with Crippen LogP contribution in [0.3, 0.4) is 0 Å². The summed E-state index contributed by atoms with van der Waals surface area (Å²) in [7, 11) is 0. The van der Waals surface area contributed by atoms with Crippen molar-refractivity contribution in [3.63, 3.8) is 0 Å². The Bertz CT molecular complexity index is 1930. The van der Waals surface area contributed by atoms with Gasteiger partial charge in [-0.25, -0.2) is 0 Å². The molecule has 6 aromatic carbocycles. The average Bonchev–Trinajstić information content (AvgIpc) is 3.04. The second-order valence-electron chi connectivity index (χ2n) is 11.0. The third-order valence-corrected chi connectivity index (χ3v) is 10.7. The van der Waals surface area contributed by atoms with E-state index in [9.17, 15) is 0 Å². The van der Waals surface area contributed by atoms with E-state index in [0.717, 1.165) is 10.7 Å². The molecule has 2 atom stereocenters. The predicted molar refractivity (Wildman–Crippen MR) is 177 cm³/mol. The van der Waals surface area contributed by atoms with Crippen LogP contribution < -0.4 is 10.7 Å². The number of benzene rings is 6. The number of nitrogens with zero attached hydrogens (tertiary/aromatic N) is 2. The van der Waals surface area contributed by atoms with Crippen LogP contribution in [-0.2, 0) is 0 Å². The zero-order valence-electron chi connectivity index (χ0n) is 23.4. The van der Waals surface area contributed by atoms with Gasteiger partial charge < -0.3 is 0 Å². The third kappa shape index (κ3) is 4.38. The predicted octanol–water partition coefficient (Wildman–Crippen LogP) is 9.64. The summed E-state index contributed by atoms with van der Waals surface area (Å²) in [6.07, 6.45) is 0. The van der Waals surface area contributed by atoms with Gasteiger partial charge in [-0.3, -0.25) is 9.98 Å². The minimum Gasteiger partial charge on any atom is -0.265 e. The Morgan fingerprint density at radius 1 is 0.476 bits per heavy atom. The zero-order chi connectivity index (χ0) is 28.2. The first kappa shape index (κ1) is 25.6. The van der Waals surface area contributed by atoms with Gasteiger partial charge in [0.25, 0.3) is 0 Å². The van der Waals surface area contributed by atoms with E-state index >= 15 is 0 Å². The van der Waals surface area contributed by atoms with Gasteiger partial charge >= 0.3 is 0 Å². The summed E-state index contributed by atoms with van der Waals surface area (Å²) in [6, 6.07) is 43.8. The maximum atomic E-state index is 5.42. The molecule has 0 radical (unpaired) electrons. The van der Waals surface area contributed by atoms with Crippen LogP contribution in [0.5, 0.6) is 0 Å². The highest BCUT2D eigenvalue weighted by Gasteiger charge is 2.29. The molecule has 6 aromatic rings. The molecule has 0 N–H and O–H groups in total. The Balaban J connectivity index is 1.49. The molecule has 2 unspecified atom stereocenters. The fourth-order valence-corrected chi connectivity index (χ4v) is 8.55. The molecule has 0 saturated heterocycles. The smallest absolute Gasteiger partial charge is 0.126 e. The van der Waals surface area contributed by atoms with Gasteiger partial charge in [0.05, 0.1) is 10.7 Å². The minimum atomic E-state index is -0.0155. The van der Waals surface area contributed by atoms with E-state index in [4.69, 9.17) is 9.98 Å². The Morgan fingerprint density at radius 3 is 1.24 bits per heavy atom. The van der Waals surface area contributed by atoms with Crippen LogP contribution in [0.15, 0.2) is 141 Å². The first-order valence-electron chi connectivity index (χ1n) is 14.3. The van der Waals surface area contributed by atoms with Crippen LogP contribution in [0.1, 0.15) is 33.0 Å². The van der Waals surface area contributed by atoms with Gasteiger partial charge in [-0.05, 0) is 59.4 Å². The van der Waals surface area contributed by atoms with Crippen LogP contribution in [0.2, 0.25) is 0 Å². The third-order valence-electron chi connectivity index (χ3n) is 8.13. The second-order valence-corrected chi connectivity index (χ2v) is 13.2. The zero-order valence-corrected chi connectivity index (χ0v) is 25.0. The molecule has 0 spiro atoms. The lowest BCUT2D eigenvalue weighted by Crippen LogP contribution is -2.21. The highest BCUT2D eigenvalue weighted by atomic mass is 32.2. The molecule has 0 saturated carbocycles. The molecular weight excluding hydrogens is 549 g/mol. The first-order chi connectivity index (χ1) is 20.6. The highest BCUT2D eigenvalue weighted by molar-refractivity contribution is 8.00. The van der Waals surface area contributed by atoms with E-state index < -0.39 is 0 Å². The number of hydrogen-bond donors (Lipinski definition) is 0. The highest BCUT2D eigenvalue weighted by Crippen LogP contribution is 2.51. The van der Waals surface area contributed by atoms with Gasteiger partial charge in [0.2, 0.25) is 0 Å². The average molecular weight is 577 g/mol. The van der Waals surface area contributed by atoms with Gasteiger partial charge in [0.1, 0.15) is 10.7 Å². The number of hydrogen-bond acceptors (Lipinski definition) is 4. The molecular formula is C38H28N2S2. The maximum absolute atomic E-state index is 5.42. The van der Waals surface area contributed by atoms with Gasteiger partial charge in [0, 0.05) is 20.6 Å². The SMILES string of the molecule is Cc1ccc(-c2cc3c4c(c(-c5ccc(C)cc5)cc5c4c2SC(c2ccccc2)N=5)SC(c2ccccc2)N=3)cc1. The van der Waals surface area contributed by atoms with E-state index in [2.05, 4.69) is 135 Å². The van der Waals surface area contributed by atoms with Gasteiger partial charge in [-0.2, -0.15) is 0 Å². The van der Waals surface area contributed by atoms with E-state index in [1.54, 1.807) is 0 Å². The number of aryl methyl sites for hydroxylation is 2. The van der Waals surface area contributed by atoms with Gasteiger partial charge in [-0.15, -0.1) is 0 Å². The van der Waals surface area contributed by atoms with Crippen molar-refractivity contribution in [2.45, 2.75) is 34.4 Å². The van der Waals surface area contributed by atoms with Crippen molar-refractivity contribution >= 4 is 34.3 Å². The van der Waals surface area contributed by atoms with Crippen LogP contribution >= 0.6 is 23.5 Å². The van der Waals surface area contributed by atoms with E-state index in [1.165, 1.54) is 65.1 Å². The molecule has 2 aliphatic rings. The van der Waals surface area contributed by atoms with Crippen molar-refractivity contribution in [3.8, 4) is 22.3 Å². The molecule has 0 bridgehead atoms. The monoisotopic (exact) mass is 576 g/mol. The lowest BCUT2D eigenvalue weighted by molar-refractivity contribution is 0.955. The largest absolute Gasteiger partial charge is 0.265 e. The summed E-state index contributed by atoms with van der Waals surface area (Å²) < 4.78 is 0. The topological polar surface area (TPSA) is 24.7 Å². The molecule has 0 aromatic heterocycles. The molecule has 0 fully saturated rings. The molecule has 202 valence electrons. The van der Waals surface area contributed by atoms with Gasteiger partial charge in [-0.1, -0.05) is 144 Å². The normalized spacial score (nSPS) is 17.0. The molecule has 8 rings (SSSR count). The molecule has 2 aliphatic heterocycles. The molecule has 2 nitrogen and oxygen atoms in total. The summed E-state index contributed by atoms with van der Waals surface area (Å²) in [4.78, 5) is 13.4. The first-order valence-corrected chi connectivity index (χ1v) is 16.0. The molecule has 4 heteroatoms. The Hall–Kier alpha value is -4.12. The molecule has 0 amide bonds. The van der Waals surface area contributed by atoms with E-state index in [1.807, 2.05) is 23.5 Å². The summed E-state index contributed by atoms with van der Waals surface area (Å²) in [5.74, 6) is 0. The standard InChI is InChI=1S/C38H28N2S2/c1-23-13-17-25(18-14-23)29-21-31-34-33-32(40-37(41-35(29)33)27-9-5-3-6-10-27)22-30(26-19-15-24(2)16-20-26)36(34)42-38(39-31)28-11-7-4-8-12-28/h3-22,37-38H,1-2H3. The fourth-order valence-electron chi connectivity index (χ4n) is 5.93. The van der Waals surface area contributed by atoms with Crippen molar-refractivity contribution in [1.82, 2.24) is 0 Å². The maximum Gasteiger partial charge on any atom is 0.126 e. The van der Waals surface area contributed by atoms with Crippen molar-refractivity contribution in [3.05, 3.63) is 154 Å². The van der Waals surface area contributed by atoms with Crippen molar-refractivity contribution in [2.75, 3.05) is 0 Å².